The monoisotopic (exact) mass is 339 g/mol. The number of hydrogen-bond acceptors (Lipinski definition) is 6. The van der Waals surface area contributed by atoms with Crippen LogP contribution in [0.5, 0.6) is 5.75 Å². The van der Waals surface area contributed by atoms with Crippen LogP contribution in [0.1, 0.15) is 43.7 Å². The van der Waals surface area contributed by atoms with E-state index >= 15 is 0 Å². The number of nitrogens with two attached hydrogens (primary N) is 1. The van der Waals surface area contributed by atoms with Crippen molar-refractivity contribution in [2.24, 2.45) is 4.99 Å². The molecule has 0 aliphatic carbocycles. The summed E-state index contributed by atoms with van der Waals surface area (Å²) in [7, 11) is 0. The van der Waals surface area contributed by atoms with Crippen molar-refractivity contribution in [3.05, 3.63) is 41.6 Å². The number of aliphatic imine (C=N–C) groups is 1. The Labute approximate surface area is 148 Å². The molecule has 0 bridgehead atoms. The lowest BCUT2D eigenvalue weighted by Gasteiger charge is -2.22. The number of rotatable bonds is 7. The maximum Gasteiger partial charge on any atom is 0.222 e. The van der Waals surface area contributed by atoms with Crippen molar-refractivity contribution < 1.29 is 4.74 Å². The van der Waals surface area contributed by atoms with E-state index in [9.17, 15) is 0 Å². The second kappa shape index (κ2) is 7.96. The average Bonchev–Trinajstić information content (AvgIpc) is 2.63. The van der Waals surface area contributed by atoms with Gasteiger partial charge in [0.15, 0.2) is 11.6 Å². The molecule has 2 heterocycles. The summed E-state index contributed by atoms with van der Waals surface area (Å²) in [5.74, 6) is 1.91. The van der Waals surface area contributed by atoms with Gasteiger partial charge in [-0.1, -0.05) is 44.5 Å². The number of nitrogen functional groups attached to an aromatic ring is 1. The Bertz CT molecular complexity index is 759. The summed E-state index contributed by atoms with van der Waals surface area (Å²) in [6.45, 7) is 6.34. The molecule has 1 aromatic carbocycles. The van der Waals surface area contributed by atoms with E-state index in [4.69, 9.17) is 15.5 Å². The third-order valence-corrected chi connectivity index (χ3v) is 4.32. The summed E-state index contributed by atoms with van der Waals surface area (Å²) in [5, 5.41) is 3.27. The van der Waals surface area contributed by atoms with Crippen LogP contribution in [-0.2, 0) is 0 Å². The largest absolute Gasteiger partial charge is 0.482 e. The van der Waals surface area contributed by atoms with Crippen molar-refractivity contribution in [1.29, 1.82) is 0 Å². The van der Waals surface area contributed by atoms with Crippen molar-refractivity contribution in [1.82, 2.24) is 9.97 Å². The number of nitrogens with one attached hydrogen (secondary N) is 1. The first-order valence-electron chi connectivity index (χ1n) is 8.80. The van der Waals surface area contributed by atoms with E-state index in [1.165, 1.54) is 5.56 Å². The minimum atomic E-state index is 0.237. The first-order valence-corrected chi connectivity index (χ1v) is 8.80. The van der Waals surface area contributed by atoms with E-state index in [2.05, 4.69) is 47.3 Å². The minimum Gasteiger partial charge on any atom is -0.482 e. The molecule has 0 fully saturated rings. The lowest BCUT2D eigenvalue weighted by molar-refractivity contribution is 0.374. The molecule has 25 heavy (non-hydrogen) atoms. The van der Waals surface area contributed by atoms with Gasteiger partial charge in [0.25, 0.3) is 0 Å². The number of ether oxygens (including phenoxy) is 1. The fourth-order valence-electron chi connectivity index (χ4n) is 2.89. The van der Waals surface area contributed by atoms with E-state index in [1.807, 2.05) is 6.07 Å². The molecular weight excluding hydrogens is 314 g/mol. The fraction of sp³-hybridized carbons (Fsp3) is 0.421. The van der Waals surface area contributed by atoms with Gasteiger partial charge in [0.1, 0.15) is 6.61 Å². The van der Waals surface area contributed by atoms with Gasteiger partial charge in [0.2, 0.25) is 5.95 Å². The van der Waals surface area contributed by atoms with Crippen LogP contribution in [0.2, 0.25) is 0 Å². The van der Waals surface area contributed by atoms with Crippen LogP contribution < -0.4 is 15.8 Å². The van der Waals surface area contributed by atoms with Crippen molar-refractivity contribution in [2.75, 3.05) is 30.7 Å². The van der Waals surface area contributed by atoms with Crippen molar-refractivity contribution in [2.45, 2.75) is 32.6 Å². The van der Waals surface area contributed by atoms with Crippen molar-refractivity contribution >= 4 is 17.5 Å². The molecule has 0 saturated heterocycles. The highest BCUT2D eigenvalue weighted by Gasteiger charge is 2.20. The molecule has 0 amide bonds. The molecule has 3 rings (SSSR count). The van der Waals surface area contributed by atoms with Gasteiger partial charge in [-0.3, -0.25) is 4.99 Å². The molecule has 1 aromatic heterocycles. The highest BCUT2D eigenvalue weighted by Crippen LogP contribution is 2.27. The highest BCUT2D eigenvalue weighted by atomic mass is 16.5. The molecule has 6 heteroatoms. The summed E-state index contributed by atoms with van der Waals surface area (Å²) in [4.78, 5) is 13.0. The molecule has 132 valence electrons. The van der Waals surface area contributed by atoms with Crippen LogP contribution >= 0.6 is 0 Å². The fourth-order valence-corrected chi connectivity index (χ4v) is 2.89. The van der Waals surface area contributed by atoms with E-state index in [-0.39, 0.29) is 5.95 Å². The number of hydrogen-bond donors (Lipinski definition) is 2. The summed E-state index contributed by atoms with van der Waals surface area (Å²) in [6, 6.07) is 8.38. The Balaban J connectivity index is 1.74. The first kappa shape index (κ1) is 17.2. The summed E-state index contributed by atoms with van der Waals surface area (Å²) >= 11 is 0. The maximum absolute atomic E-state index is 5.98. The molecule has 1 atom stereocenters. The number of unbranched alkanes of at least 4 members (excludes halogenated alkanes) is 1. The van der Waals surface area contributed by atoms with Crippen LogP contribution in [0, 0.1) is 0 Å². The van der Waals surface area contributed by atoms with Crippen molar-refractivity contribution in [3.8, 4) is 5.75 Å². The Morgan fingerprint density at radius 1 is 1.32 bits per heavy atom. The topological polar surface area (TPSA) is 85.4 Å². The van der Waals surface area contributed by atoms with Gasteiger partial charge in [0.05, 0.1) is 11.9 Å². The Morgan fingerprint density at radius 3 is 3.00 bits per heavy atom. The third kappa shape index (κ3) is 4.07. The first-order chi connectivity index (χ1) is 12.2. The summed E-state index contributed by atoms with van der Waals surface area (Å²) in [6.07, 6.45) is 3.78. The van der Waals surface area contributed by atoms with E-state index in [1.54, 1.807) is 6.20 Å². The Hall–Kier alpha value is -2.63. The number of aromatic nitrogens is 2. The maximum atomic E-state index is 5.98. The van der Waals surface area contributed by atoms with Gasteiger partial charge in [-0.05, 0) is 12.0 Å². The van der Waals surface area contributed by atoms with Crippen LogP contribution in [0.4, 0.5) is 11.8 Å². The smallest absolute Gasteiger partial charge is 0.222 e. The van der Waals surface area contributed by atoms with E-state index in [0.29, 0.717) is 24.1 Å². The zero-order chi connectivity index (χ0) is 17.6. The lowest BCUT2D eigenvalue weighted by Crippen LogP contribution is -2.22. The van der Waals surface area contributed by atoms with Gasteiger partial charge >= 0.3 is 0 Å². The van der Waals surface area contributed by atoms with Crippen molar-refractivity contribution in [3.63, 3.8) is 0 Å². The van der Waals surface area contributed by atoms with Crippen LogP contribution in [0.3, 0.4) is 0 Å². The third-order valence-electron chi connectivity index (χ3n) is 4.32. The van der Waals surface area contributed by atoms with Gasteiger partial charge in [-0.25, -0.2) is 4.98 Å². The zero-order valence-electron chi connectivity index (χ0n) is 14.8. The molecule has 1 aliphatic rings. The second-order valence-electron chi connectivity index (χ2n) is 6.29. The Kier molecular flexibility index (Phi) is 5.48. The normalized spacial score (nSPS) is 16.1. The SMILES string of the molecule is CCCCNc1nc(N)ncc1OCC1=NCC(C)c2ccccc21. The number of nitrogens with zero attached hydrogens (tertiary/aromatic N) is 3. The lowest BCUT2D eigenvalue weighted by atomic mass is 9.91. The predicted octanol–water partition coefficient (Wildman–Crippen LogP) is 3.26. The number of benzene rings is 1. The molecule has 2 aromatic rings. The highest BCUT2D eigenvalue weighted by molar-refractivity contribution is 6.03. The molecule has 3 N–H and O–H groups in total. The zero-order valence-corrected chi connectivity index (χ0v) is 14.8. The molecular formula is C19H25N5O. The number of anilines is 2. The van der Waals surface area contributed by atoms with Gasteiger partial charge in [-0.15, -0.1) is 0 Å². The second-order valence-corrected chi connectivity index (χ2v) is 6.29. The van der Waals surface area contributed by atoms with Crippen LogP contribution in [0.15, 0.2) is 35.5 Å². The predicted molar refractivity (Wildman–Crippen MR) is 102 cm³/mol. The summed E-state index contributed by atoms with van der Waals surface area (Å²) in [5.41, 5.74) is 9.16. The minimum absolute atomic E-state index is 0.237. The van der Waals surface area contributed by atoms with E-state index < -0.39 is 0 Å². The Morgan fingerprint density at radius 2 is 2.16 bits per heavy atom. The van der Waals surface area contributed by atoms with Gasteiger partial charge < -0.3 is 15.8 Å². The average molecular weight is 339 g/mol. The number of fused-ring (bicyclic) bond motifs is 1. The molecule has 0 radical (unpaired) electrons. The van der Waals surface area contributed by atoms with Crippen LogP contribution in [-0.4, -0.2) is 35.4 Å². The quantitative estimate of drug-likeness (QED) is 0.756. The standard InChI is InChI=1S/C19H25N5O/c1-3-4-9-21-18-17(11-23-19(20)24-18)25-12-16-15-8-6-5-7-14(15)13(2)10-22-16/h5-8,11,13H,3-4,9-10,12H2,1-2H3,(H3,20,21,23,24). The summed E-state index contributed by atoms with van der Waals surface area (Å²) < 4.78 is 5.98. The van der Waals surface area contributed by atoms with E-state index in [0.717, 1.165) is 37.2 Å². The molecule has 0 saturated carbocycles. The molecule has 1 unspecified atom stereocenters. The molecule has 6 nitrogen and oxygen atoms in total. The van der Waals surface area contributed by atoms with Gasteiger partial charge in [0, 0.05) is 24.6 Å². The van der Waals surface area contributed by atoms with Gasteiger partial charge in [-0.2, -0.15) is 4.98 Å². The molecule has 1 aliphatic heterocycles. The van der Waals surface area contributed by atoms with Crippen LogP contribution in [0.25, 0.3) is 0 Å². The molecule has 0 spiro atoms.